The zero-order valence-electron chi connectivity index (χ0n) is 17.4. The maximum Gasteiger partial charge on any atom is 0.337 e. The van der Waals surface area contributed by atoms with Gasteiger partial charge < -0.3 is 29.7 Å². The van der Waals surface area contributed by atoms with Crippen LogP contribution in [0.1, 0.15) is 31.9 Å². The van der Waals surface area contributed by atoms with E-state index in [1.807, 2.05) is 13.8 Å². The summed E-state index contributed by atoms with van der Waals surface area (Å²) in [6, 6.07) is 3.85. The van der Waals surface area contributed by atoms with Crippen LogP contribution in [0.5, 0.6) is 11.5 Å². The molecule has 0 aromatic heterocycles. The van der Waals surface area contributed by atoms with Crippen LogP contribution in [-0.2, 0) is 22.5 Å². The van der Waals surface area contributed by atoms with Gasteiger partial charge in [-0.05, 0) is 38.5 Å². The first-order valence-electron chi connectivity index (χ1n) is 10.2. The van der Waals surface area contributed by atoms with E-state index in [1.54, 1.807) is 6.92 Å². The van der Waals surface area contributed by atoms with E-state index in [-0.39, 0.29) is 18.5 Å². The minimum atomic E-state index is -0.383. The van der Waals surface area contributed by atoms with Crippen molar-refractivity contribution in [1.29, 1.82) is 0 Å². The van der Waals surface area contributed by atoms with Crippen LogP contribution in [0.3, 0.4) is 0 Å². The van der Waals surface area contributed by atoms with Crippen LogP contribution in [0, 0.1) is 0 Å². The van der Waals surface area contributed by atoms with Crippen molar-refractivity contribution in [3.05, 3.63) is 34.5 Å². The van der Waals surface area contributed by atoms with Gasteiger partial charge >= 0.3 is 12.0 Å². The predicted octanol–water partition coefficient (Wildman–Crippen LogP) is 0.555. The SMILES string of the molecule is CCOC(=O)C1=C(C[NH+]2CCc3cc(OCC)c(OCC)cc3C2)NC(=O)NC1. The molecule has 1 aromatic rings. The number of carbonyl (C=O) groups excluding carboxylic acids is 2. The highest BCUT2D eigenvalue weighted by atomic mass is 16.5. The number of hydrogen-bond acceptors (Lipinski definition) is 5. The van der Waals surface area contributed by atoms with Crippen molar-refractivity contribution in [2.45, 2.75) is 33.7 Å². The normalized spacial score (nSPS) is 18.4. The molecular formula is C21H30N3O5+. The Morgan fingerprint density at radius 3 is 2.41 bits per heavy atom. The second kappa shape index (κ2) is 9.65. The molecule has 158 valence electrons. The molecule has 0 saturated carbocycles. The largest absolute Gasteiger partial charge is 0.490 e. The number of nitrogens with one attached hydrogen (secondary N) is 3. The number of ether oxygens (including phenoxy) is 3. The number of amides is 2. The maximum absolute atomic E-state index is 12.3. The maximum atomic E-state index is 12.3. The quantitative estimate of drug-likeness (QED) is 0.551. The number of fused-ring (bicyclic) bond motifs is 1. The van der Waals surface area contributed by atoms with Gasteiger partial charge in [0.25, 0.3) is 0 Å². The second-order valence-corrected chi connectivity index (χ2v) is 7.02. The number of benzene rings is 1. The molecule has 0 spiro atoms. The molecule has 1 aromatic carbocycles. The molecule has 0 radical (unpaired) electrons. The number of esters is 1. The summed E-state index contributed by atoms with van der Waals surface area (Å²) in [7, 11) is 0. The van der Waals surface area contributed by atoms with Gasteiger partial charge in [-0.1, -0.05) is 0 Å². The van der Waals surface area contributed by atoms with E-state index in [9.17, 15) is 9.59 Å². The lowest BCUT2D eigenvalue weighted by Gasteiger charge is -2.29. The summed E-state index contributed by atoms with van der Waals surface area (Å²) in [6.45, 7) is 9.58. The Morgan fingerprint density at radius 2 is 1.76 bits per heavy atom. The van der Waals surface area contributed by atoms with Crippen molar-refractivity contribution >= 4 is 12.0 Å². The van der Waals surface area contributed by atoms with Crippen LogP contribution in [0.4, 0.5) is 4.79 Å². The van der Waals surface area contributed by atoms with E-state index in [1.165, 1.54) is 16.0 Å². The van der Waals surface area contributed by atoms with Gasteiger partial charge in [-0.3, -0.25) is 0 Å². The number of hydrogen-bond donors (Lipinski definition) is 3. The van der Waals surface area contributed by atoms with Crippen LogP contribution < -0.4 is 25.0 Å². The molecule has 0 saturated heterocycles. The highest BCUT2D eigenvalue weighted by Gasteiger charge is 2.29. The lowest BCUT2D eigenvalue weighted by atomic mass is 9.98. The fourth-order valence-corrected chi connectivity index (χ4v) is 3.74. The Hall–Kier alpha value is -2.74. The Morgan fingerprint density at radius 1 is 1.07 bits per heavy atom. The number of rotatable bonds is 8. The van der Waals surface area contributed by atoms with Crippen molar-refractivity contribution in [1.82, 2.24) is 10.6 Å². The average Bonchev–Trinajstić information content (AvgIpc) is 2.69. The van der Waals surface area contributed by atoms with Crippen molar-refractivity contribution in [3.63, 3.8) is 0 Å². The first-order chi connectivity index (χ1) is 14.0. The van der Waals surface area contributed by atoms with Gasteiger partial charge in [-0.25, -0.2) is 9.59 Å². The van der Waals surface area contributed by atoms with E-state index in [4.69, 9.17) is 14.2 Å². The van der Waals surface area contributed by atoms with Crippen LogP contribution in [-0.4, -0.2) is 51.5 Å². The third-order valence-corrected chi connectivity index (χ3v) is 5.06. The number of urea groups is 1. The van der Waals surface area contributed by atoms with Crippen LogP contribution in [0.25, 0.3) is 0 Å². The molecule has 2 heterocycles. The molecule has 2 amide bonds. The smallest absolute Gasteiger partial charge is 0.337 e. The minimum absolute atomic E-state index is 0.191. The molecule has 0 aliphatic carbocycles. The van der Waals surface area contributed by atoms with Crippen LogP contribution >= 0.6 is 0 Å². The Labute approximate surface area is 171 Å². The highest BCUT2D eigenvalue weighted by Crippen LogP contribution is 2.32. The Balaban J connectivity index is 1.79. The summed E-state index contributed by atoms with van der Waals surface area (Å²) in [5.74, 6) is 1.16. The van der Waals surface area contributed by atoms with E-state index < -0.39 is 0 Å². The van der Waals surface area contributed by atoms with Gasteiger partial charge in [0.2, 0.25) is 0 Å². The topological polar surface area (TPSA) is 90.3 Å². The fraction of sp³-hybridized carbons (Fsp3) is 0.524. The predicted molar refractivity (Wildman–Crippen MR) is 107 cm³/mol. The molecule has 8 heteroatoms. The Bertz CT molecular complexity index is 806. The fourth-order valence-electron chi connectivity index (χ4n) is 3.74. The molecule has 8 nitrogen and oxygen atoms in total. The summed E-state index contributed by atoms with van der Waals surface area (Å²) < 4.78 is 16.6. The molecule has 1 unspecified atom stereocenters. The highest BCUT2D eigenvalue weighted by molar-refractivity contribution is 5.93. The first kappa shape index (κ1) is 21.0. The van der Waals surface area contributed by atoms with Crippen molar-refractivity contribution in [3.8, 4) is 11.5 Å². The second-order valence-electron chi connectivity index (χ2n) is 7.02. The first-order valence-corrected chi connectivity index (χ1v) is 10.2. The van der Waals surface area contributed by atoms with Crippen LogP contribution in [0.2, 0.25) is 0 Å². The molecule has 0 fully saturated rings. The molecular weight excluding hydrogens is 374 g/mol. The third kappa shape index (κ3) is 5.00. The number of quaternary nitrogens is 1. The van der Waals surface area contributed by atoms with E-state index >= 15 is 0 Å². The monoisotopic (exact) mass is 404 g/mol. The standard InChI is InChI=1S/C21H29N3O5/c1-4-27-18-9-14-7-8-24(12-15(14)10-19(18)28-5-2)13-17-16(20(25)29-6-3)11-22-21(26)23-17/h9-10H,4-8,11-13H2,1-3H3,(H2,22,23,26)/p+1. The minimum Gasteiger partial charge on any atom is -0.490 e. The van der Waals surface area contributed by atoms with Gasteiger partial charge in [-0.2, -0.15) is 0 Å². The molecule has 29 heavy (non-hydrogen) atoms. The van der Waals surface area contributed by atoms with Crippen molar-refractivity contribution in [2.24, 2.45) is 0 Å². The molecule has 3 N–H and O–H groups in total. The van der Waals surface area contributed by atoms with E-state index in [0.29, 0.717) is 37.6 Å². The van der Waals surface area contributed by atoms with Crippen LogP contribution in [0.15, 0.2) is 23.4 Å². The van der Waals surface area contributed by atoms with Gasteiger partial charge in [0.1, 0.15) is 13.1 Å². The zero-order chi connectivity index (χ0) is 20.8. The molecule has 3 rings (SSSR count). The number of carbonyl (C=O) groups is 2. The molecule has 2 aliphatic rings. The third-order valence-electron chi connectivity index (χ3n) is 5.06. The van der Waals surface area contributed by atoms with E-state index in [2.05, 4.69) is 22.8 Å². The zero-order valence-corrected chi connectivity index (χ0v) is 17.4. The molecule has 2 aliphatic heterocycles. The lowest BCUT2D eigenvalue weighted by molar-refractivity contribution is -0.911. The summed E-state index contributed by atoms with van der Waals surface area (Å²) in [5, 5.41) is 5.44. The summed E-state index contributed by atoms with van der Waals surface area (Å²) >= 11 is 0. The molecule has 1 atom stereocenters. The van der Waals surface area contributed by atoms with Gasteiger partial charge in [0, 0.05) is 12.0 Å². The van der Waals surface area contributed by atoms with Gasteiger partial charge in [-0.15, -0.1) is 0 Å². The van der Waals surface area contributed by atoms with Crippen molar-refractivity contribution in [2.75, 3.05) is 39.5 Å². The summed E-state index contributed by atoms with van der Waals surface area (Å²) in [5.41, 5.74) is 3.60. The van der Waals surface area contributed by atoms with Crippen molar-refractivity contribution < 1.29 is 28.7 Å². The van der Waals surface area contributed by atoms with Gasteiger partial charge in [0.05, 0.1) is 44.2 Å². The summed E-state index contributed by atoms with van der Waals surface area (Å²) in [6.07, 6.45) is 0.894. The van der Waals surface area contributed by atoms with Gasteiger partial charge in [0.15, 0.2) is 11.5 Å². The lowest BCUT2D eigenvalue weighted by Crippen LogP contribution is -3.12. The van der Waals surface area contributed by atoms with E-state index in [0.717, 1.165) is 31.0 Å². The summed E-state index contributed by atoms with van der Waals surface area (Å²) in [4.78, 5) is 25.3. The Kier molecular flexibility index (Phi) is 6.98. The average molecular weight is 404 g/mol. The molecule has 0 bridgehead atoms.